The van der Waals surface area contributed by atoms with Crippen LogP contribution >= 0.6 is 7.82 Å². The zero-order valence-corrected chi connectivity index (χ0v) is 33.7. The van der Waals surface area contributed by atoms with Gasteiger partial charge in [0.05, 0.1) is 19.8 Å². The number of hydrogen-bond donors (Lipinski definition) is 3. The maximum Gasteiger partial charge on any atom is 0.472 e. The van der Waals surface area contributed by atoms with Gasteiger partial charge in [0.15, 0.2) is 6.10 Å². The van der Waals surface area contributed by atoms with Crippen molar-refractivity contribution in [2.24, 2.45) is 0 Å². The standard InChI is InChI=1S/C40H79O10P/c1-3-5-7-9-11-13-15-17-18-20-21-23-25-27-29-31-39(43)47-35-38(36-49-51(45,46)48-34-37(42)33-41)50-40(44)32-30-28-26-24-22-19-16-14-12-10-8-6-4-2/h37-38,41-42H,3-36H2,1-2H3,(H,45,46)/t37-,38-/m1/s1. The molecule has 304 valence electrons. The Morgan fingerprint density at radius 3 is 1.22 bits per heavy atom. The van der Waals surface area contributed by atoms with Crippen molar-refractivity contribution in [2.75, 3.05) is 26.4 Å². The molecule has 0 aliphatic carbocycles. The number of carbonyl (C=O) groups is 2. The fourth-order valence-corrected chi connectivity index (χ4v) is 6.78. The minimum absolute atomic E-state index is 0.192. The quantitative estimate of drug-likeness (QED) is 0.0314. The molecule has 3 atom stereocenters. The molecular weight excluding hydrogens is 671 g/mol. The van der Waals surface area contributed by atoms with E-state index in [0.29, 0.717) is 12.8 Å². The maximum atomic E-state index is 12.6. The van der Waals surface area contributed by atoms with Gasteiger partial charge in [0.25, 0.3) is 0 Å². The molecule has 3 N–H and O–H groups in total. The minimum Gasteiger partial charge on any atom is -0.462 e. The number of esters is 2. The summed E-state index contributed by atoms with van der Waals surface area (Å²) in [7, 11) is -4.60. The van der Waals surface area contributed by atoms with Crippen LogP contribution in [0.2, 0.25) is 0 Å². The molecule has 10 nitrogen and oxygen atoms in total. The van der Waals surface area contributed by atoms with Gasteiger partial charge in [0.1, 0.15) is 12.7 Å². The fourth-order valence-electron chi connectivity index (χ4n) is 5.99. The van der Waals surface area contributed by atoms with E-state index in [-0.39, 0.29) is 19.4 Å². The fraction of sp³-hybridized carbons (Fsp3) is 0.950. The zero-order valence-electron chi connectivity index (χ0n) is 32.8. The predicted octanol–water partition coefficient (Wildman–Crippen LogP) is 10.7. The third kappa shape index (κ3) is 37.1. The van der Waals surface area contributed by atoms with Crippen molar-refractivity contribution in [3.05, 3.63) is 0 Å². The van der Waals surface area contributed by atoms with Crippen molar-refractivity contribution in [3.63, 3.8) is 0 Å². The molecule has 51 heavy (non-hydrogen) atoms. The number of phosphoric acid groups is 1. The van der Waals surface area contributed by atoms with Crippen LogP contribution in [0.5, 0.6) is 0 Å². The van der Waals surface area contributed by atoms with Gasteiger partial charge in [0.2, 0.25) is 0 Å². The Hall–Kier alpha value is -1.03. The van der Waals surface area contributed by atoms with Gasteiger partial charge >= 0.3 is 19.8 Å². The Kier molecular flexibility index (Phi) is 36.5. The number of carbonyl (C=O) groups excluding carboxylic acids is 2. The topological polar surface area (TPSA) is 149 Å². The smallest absolute Gasteiger partial charge is 0.462 e. The first-order valence-electron chi connectivity index (χ1n) is 21.0. The van der Waals surface area contributed by atoms with Crippen LogP contribution in [0.3, 0.4) is 0 Å². The van der Waals surface area contributed by atoms with Gasteiger partial charge < -0.3 is 24.6 Å². The summed E-state index contributed by atoms with van der Waals surface area (Å²) in [5.41, 5.74) is 0. The highest BCUT2D eigenvalue weighted by atomic mass is 31.2. The van der Waals surface area contributed by atoms with Crippen molar-refractivity contribution < 1.29 is 47.8 Å². The first-order valence-corrected chi connectivity index (χ1v) is 22.5. The molecule has 0 aromatic rings. The highest BCUT2D eigenvalue weighted by molar-refractivity contribution is 7.47. The lowest BCUT2D eigenvalue weighted by Crippen LogP contribution is -2.29. The molecule has 0 rings (SSSR count). The Bertz CT molecular complexity index is 827. The number of ether oxygens (including phenoxy) is 2. The summed E-state index contributed by atoms with van der Waals surface area (Å²) in [6.07, 6.45) is 32.1. The molecule has 0 amide bonds. The van der Waals surface area contributed by atoms with Crippen LogP contribution in [-0.2, 0) is 32.7 Å². The van der Waals surface area contributed by atoms with Crippen molar-refractivity contribution in [1.29, 1.82) is 0 Å². The highest BCUT2D eigenvalue weighted by Gasteiger charge is 2.27. The highest BCUT2D eigenvalue weighted by Crippen LogP contribution is 2.43. The molecule has 0 aromatic heterocycles. The second-order valence-corrected chi connectivity index (χ2v) is 15.8. The van der Waals surface area contributed by atoms with Crippen LogP contribution in [0.4, 0.5) is 0 Å². The molecule has 0 fully saturated rings. The van der Waals surface area contributed by atoms with E-state index in [9.17, 15) is 24.2 Å². The minimum atomic E-state index is -4.60. The Morgan fingerprint density at radius 2 is 0.843 bits per heavy atom. The average Bonchev–Trinajstić information content (AvgIpc) is 3.12. The molecule has 0 heterocycles. The first kappa shape index (κ1) is 50.0. The third-order valence-electron chi connectivity index (χ3n) is 9.26. The van der Waals surface area contributed by atoms with Crippen LogP contribution in [0.15, 0.2) is 0 Å². The third-order valence-corrected chi connectivity index (χ3v) is 10.2. The van der Waals surface area contributed by atoms with Crippen LogP contribution in [-0.4, -0.2) is 65.7 Å². The summed E-state index contributed by atoms with van der Waals surface area (Å²) in [4.78, 5) is 34.9. The van der Waals surface area contributed by atoms with E-state index in [1.54, 1.807) is 0 Å². The van der Waals surface area contributed by atoms with E-state index in [1.165, 1.54) is 135 Å². The van der Waals surface area contributed by atoms with Crippen LogP contribution in [0, 0.1) is 0 Å². The molecule has 0 saturated heterocycles. The Balaban J connectivity index is 4.27. The van der Waals surface area contributed by atoms with E-state index in [0.717, 1.165) is 32.1 Å². The molecule has 0 spiro atoms. The van der Waals surface area contributed by atoms with Gasteiger partial charge in [-0.15, -0.1) is 0 Å². The lowest BCUT2D eigenvalue weighted by Gasteiger charge is -2.20. The summed E-state index contributed by atoms with van der Waals surface area (Å²) in [5, 5.41) is 18.3. The van der Waals surface area contributed by atoms with Gasteiger partial charge in [-0.1, -0.05) is 181 Å². The summed E-state index contributed by atoms with van der Waals surface area (Å²) < 4.78 is 32.7. The number of phosphoric ester groups is 1. The lowest BCUT2D eigenvalue weighted by atomic mass is 10.0. The normalized spacial score (nSPS) is 13.9. The molecule has 0 radical (unpaired) electrons. The van der Waals surface area contributed by atoms with E-state index in [1.807, 2.05) is 0 Å². The molecule has 0 bridgehead atoms. The summed E-state index contributed by atoms with van der Waals surface area (Å²) in [6, 6.07) is 0. The Labute approximate surface area is 312 Å². The van der Waals surface area contributed by atoms with Gasteiger partial charge in [0, 0.05) is 12.8 Å². The number of unbranched alkanes of at least 4 members (excludes halogenated alkanes) is 26. The number of rotatable bonds is 40. The van der Waals surface area contributed by atoms with Crippen LogP contribution in [0.1, 0.15) is 206 Å². The number of aliphatic hydroxyl groups excluding tert-OH is 2. The zero-order chi connectivity index (χ0) is 37.7. The van der Waals surface area contributed by atoms with Crippen molar-refractivity contribution in [2.45, 2.75) is 219 Å². The van der Waals surface area contributed by atoms with Gasteiger partial charge in [-0.3, -0.25) is 18.6 Å². The second-order valence-electron chi connectivity index (χ2n) is 14.4. The van der Waals surface area contributed by atoms with Crippen molar-refractivity contribution >= 4 is 19.8 Å². The van der Waals surface area contributed by atoms with Gasteiger partial charge in [-0.2, -0.15) is 0 Å². The number of aliphatic hydroxyl groups is 2. The largest absolute Gasteiger partial charge is 0.472 e. The molecule has 0 aromatic carbocycles. The summed E-state index contributed by atoms with van der Waals surface area (Å²) >= 11 is 0. The van der Waals surface area contributed by atoms with Crippen molar-refractivity contribution in [1.82, 2.24) is 0 Å². The van der Waals surface area contributed by atoms with Gasteiger partial charge in [-0.25, -0.2) is 4.57 Å². The monoisotopic (exact) mass is 751 g/mol. The first-order chi connectivity index (χ1) is 24.7. The lowest BCUT2D eigenvalue weighted by molar-refractivity contribution is -0.161. The molecule has 11 heteroatoms. The average molecular weight is 751 g/mol. The molecule has 0 saturated carbocycles. The predicted molar refractivity (Wildman–Crippen MR) is 206 cm³/mol. The second kappa shape index (κ2) is 37.3. The van der Waals surface area contributed by atoms with E-state index >= 15 is 0 Å². The maximum absolute atomic E-state index is 12.6. The van der Waals surface area contributed by atoms with E-state index < -0.39 is 51.8 Å². The SMILES string of the molecule is CCCCCCCCCCCCCCCCCC(=O)OC[C@H](COP(=O)(O)OC[C@H](O)CO)OC(=O)CCCCCCCCCCCCCCC. The van der Waals surface area contributed by atoms with Crippen LogP contribution < -0.4 is 0 Å². The summed E-state index contributed by atoms with van der Waals surface area (Å²) in [5.74, 6) is -0.911. The molecule has 1 unspecified atom stereocenters. The number of hydrogen-bond acceptors (Lipinski definition) is 9. The van der Waals surface area contributed by atoms with Gasteiger partial charge in [-0.05, 0) is 12.8 Å². The molecular formula is C40H79O10P. The van der Waals surface area contributed by atoms with E-state index in [2.05, 4.69) is 18.4 Å². The Morgan fingerprint density at radius 1 is 0.510 bits per heavy atom. The van der Waals surface area contributed by atoms with Crippen molar-refractivity contribution in [3.8, 4) is 0 Å². The van der Waals surface area contributed by atoms with Crippen LogP contribution in [0.25, 0.3) is 0 Å². The van der Waals surface area contributed by atoms with E-state index in [4.69, 9.17) is 19.1 Å². The molecule has 0 aliphatic heterocycles. The summed E-state index contributed by atoms with van der Waals surface area (Å²) in [6.45, 7) is 2.40. The molecule has 0 aliphatic rings.